The topological polar surface area (TPSA) is 55.1 Å². The average molecular weight is 218 g/mol. The van der Waals surface area contributed by atoms with E-state index >= 15 is 0 Å². The average Bonchev–Trinajstić information content (AvgIpc) is 2.72. The first-order valence-electron chi connectivity index (χ1n) is 5.86. The highest BCUT2D eigenvalue weighted by atomic mass is 16.2. The Hall–Kier alpha value is -1.35. The number of benzene rings is 1. The summed E-state index contributed by atoms with van der Waals surface area (Å²) in [4.78, 5) is 11.7. The molecule has 3 heteroatoms. The Morgan fingerprint density at radius 2 is 2.31 bits per heavy atom. The van der Waals surface area contributed by atoms with E-state index < -0.39 is 0 Å². The summed E-state index contributed by atoms with van der Waals surface area (Å²) >= 11 is 0. The summed E-state index contributed by atoms with van der Waals surface area (Å²) in [7, 11) is 0. The zero-order valence-electron chi connectivity index (χ0n) is 9.57. The van der Waals surface area contributed by atoms with E-state index in [1.54, 1.807) is 0 Å². The fourth-order valence-corrected chi connectivity index (χ4v) is 2.17. The number of nitrogens with two attached hydrogens (primary N) is 1. The van der Waals surface area contributed by atoms with E-state index in [-0.39, 0.29) is 18.0 Å². The van der Waals surface area contributed by atoms with Gasteiger partial charge in [-0.05, 0) is 30.4 Å². The molecule has 1 aromatic carbocycles. The monoisotopic (exact) mass is 218 g/mol. The van der Waals surface area contributed by atoms with E-state index in [2.05, 4.69) is 17.4 Å². The van der Waals surface area contributed by atoms with Gasteiger partial charge in [0.2, 0.25) is 5.91 Å². The molecule has 0 saturated carbocycles. The lowest BCUT2D eigenvalue weighted by atomic mass is 10.1. The van der Waals surface area contributed by atoms with Gasteiger partial charge in [0.15, 0.2) is 0 Å². The standard InChI is InChI=1S/C13H18N2O/c1-2-11(14)13(16)15-12-8-7-9-5-3-4-6-10(9)12/h3-6,11-12H,2,7-8,14H2,1H3,(H,15,16). The lowest BCUT2D eigenvalue weighted by molar-refractivity contribution is -0.123. The SMILES string of the molecule is CCC(N)C(=O)NC1CCc2ccccc21. The highest BCUT2D eigenvalue weighted by Crippen LogP contribution is 2.30. The molecule has 2 rings (SSSR count). The van der Waals surface area contributed by atoms with Crippen molar-refractivity contribution in [1.29, 1.82) is 0 Å². The van der Waals surface area contributed by atoms with Crippen LogP contribution in [0.4, 0.5) is 0 Å². The summed E-state index contributed by atoms with van der Waals surface area (Å²) in [6.07, 6.45) is 2.71. The maximum Gasteiger partial charge on any atom is 0.237 e. The molecule has 1 aromatic rings. The molecule has 0 aliphatic heterocycles. The molecule has 0 radical (unpaired) electrons. The number of nitrogens with one attached hydrogen (secondary N) is 1. The predicted molar refractivity (Wildman–Crippen MR) is 63.9 cm³/mol. The van der Waals surface area contributed by atoms with E-state index in [0.29, 0.717) is 6.42 Å². The van der Waals surface area contributed by atoms with Gasteiger partial charge in [-0.2, -0.15) is 0 Å². The summed E-state index contributed by atoms with van der Waals surface area (Å²) < 4.78 is 0. The van der Waals surface area contributed by atoms with Crippen molar-refractivity contribution >= 4 is 5.91 Å². The second-order valence-electron chi connectivity index (χ2n) is 4.31. The van der Waals surface area contributed by atoms with Gasteiger partial charge >= 0.3 is 0 Å². The summed E-state index contributed by atoms with van der Waals surface area (Å²) in [5.74, 6) is -0.0378. The normalized spacial score (nSPS) is 20.2. The van der Waals surface area contributed by atoms with Gasteiger partial charge in [-0.1, -0.05) is 31.2 Å². The molecule has 2 atom stereocenters. The van der Waals surface area contributed by atoms with Crippen LogP contribution < -0.4 is 11.1 Å². The first-order chi connectivity index (χ1) is 7.72. The third kappa shape index (κ3) is 2.09. The number of fused-ring (bicyclic) bond motifs is 1. The third-order valence-electron chi connectivity index (χ3n) is 3.23. The molecule has 16 heavy (non-hydrogen) atoms. The molecular formula is C13H18N2O. The van der Waals surface area contributed by atoms with Gasteiger partial charge in [0, 0.05) is 0 Å². The van der Waals surface area contributed by atoms with Gasteiger partial charge in [-0.15, -0.1) is 0 Å². The Morgan fingerprint density at radius 3 is 3.06 bits per heavy atom. The number of rotatable bonds is 3. The van der Waals surface area contributed by atoms with Crippen LogP contribution in [0.5, 0.6) is 0 Å². The molecule has 0 aromatic heterocycles. The van der Waals surface area contributed by atoms with E-state index in [0.717, 1.165) is 12.8 Å². The van der Waals surface area contributed by atoms with Crippen molar-refractivity contribution < 1.29 is 4.79 Å². The van der Waals surface area contributed by atoms with Crippen molar-refractivity contribution in [3.8, 4) is 0 Å². The molecule has 0 saturated heterocycles. The summed E-state index contributed by atoms with van der Waals surface area (Å²) in [5, 5.41) is 3.02. The molecule has 1 aliphatic carbocycles. The minimum atomic E-state index is -0.382. The molecule has 1 aliphatic rings. The van der Waals surface area contributed by atoms with Crippen LogP contribution in [0.2, 0.25) is 0 Å². The number of carbonyl (C=O) groups is 1. The molecule has 1 amide bonds. The molecule has 86 valence electrons. The van der Waals surface area contributed by atoms with E-state index in [1.165, 1.54) is 11.1 Å². The van der Waals surface area contributed by atoms with Crippen LogP contribution in [0.15, 0.2) is 24.3 Å². The van der Waals surface area contributed by atoms with Crippen LogP contribution >= 0.6 is 0 Å². The van der Waals surface area contributed by atoms with Crippen LogP contribution in [0.1, 0.15) is 36.9 Å². The molecular weight excluding hydrogens is 200 g/mol. The van der Waals surface area contributed by atoms with Crippen LogP contribution in [0, 0.1) is 0 Å². The second-order valence-corrected chi connectivity index (χ2v) is 4.31. The van der Waals surface area contributed by atoms with Crippen molar-refractivity contribution in [2.45, 2.75) is 38.3 Å². The van der Waals surface area contributed by atoms with Crippen molar-refractivity contribution in [2.75, 3.05) is 0 Å². The Balaban J connectivity index is 2.06. The second kappa shape index (κ2) is 4.66. The molecule has 0 bridgehead atoms. The largest absolute Gasteiger partial charge is 0.348 e. The van der Waals surface area contributed by atoms with Gasteiger partial charge in [-0.25, -0.2) is 0 Å². The number of amides is 1. The molecule has 2 unspecified atom stereocenters. The van der Waals surface area contributed by atoms with Crippen LogP contribution in [0.3, 0.4) is 0 Å². The summed E-state index contributed by atoms with van der Waals surface area (Å²) in [6.45, 7) is 1.92. The molecule has 3 nitrogen and oxygen atoms in total. The van der Waals surface area contributed by atoms with E-state index in [1.807, 2.05) is 19.1 Å². The highest BCUT2D eigenvalue weighted by molar-refractivity contribution is 5.81. The van der Waals surface area contributed by atoms with Crippen LogP contribution in [0.25, 0.3) is 0 Å². The van der Waals surface area contributed by atoms with Gasteiger partial charge in [0.25, 0.3) is 0 Å². The maximum atomic E-state index is 11.7. The Morgan fingerprint density at radius 1 is 1.56 bits per heavy atom. The third-order valence-corrected chi connectivity index (χ3v) is 3.23. The fourth-order valence-electron chi connectivity index (χ4n) is 2.17. The Labute approximate surface area is 96.0 Å². The first-order valence-corrected chi connectivity index (χ1v) is 5.86. The van der Waals surface area contributed by atoms with E-state index in [4.69, 9.17) is 5.73 Å². The zero-order chi connectivity index (χ0) is 11.5. The predicted octanol–water partition coefficient (Wildman–Crippen LogP) is 1.53. The maximum absolute atomic E-state index is 11.7. The Bertz CT molecular complexity index is 389. The van der Waals surface area contributed by atoms with E-state index in [9.17, 15) is 4.79 Å². The van der Waals surface area contributed by atoms with Gasteiger partial charge in [0.05, 0.1) is 12.1 Å². The quantitative estimate of drug-likeness (QED) is 0.808. The minimum Gasteiger partial charge on any atom is -0.348 e. The fraction of sp³-hybridized carbons (Fsp3) is 0.462. The lowest BCUT2D eigenvalue weighted by Crippen LogP contribution is -2.41. The van der Waals surface area contributed by atoms with Crippen molar-refractivity contribution in [1.82, 2.24) is 5.32 Å². The number of carbonyl (C=O) groups excluding carboxylic acids is 1. The molecule has 0 heterocycles. The van der Waals surface area contributed by atoms with Crippen molar-refractivity contribution in [3.05, 3.63) is 35.4 Å². The molecule has 0 fully saturated rings. The highest BCUT2D eigenvalue weighted by Gasteiger charge is 2.24. The molecule has 3 N–H and O–H groups in total. The van der Waals surface area contributed by atoms with Gasteiger partial charge in [0.1, 0.15) is 0 Å². The van der Waals surface area contributed by atoms with Crippen LogP contribution in [-0.2, 0) is 11.2 Å². The lowest BCUT2D eigenvalue weighted by Gasteiger charge is -2.16. The summed E-state index contributed by atoms with van der Waals surface area (Å²) in [6, 6.07) is 8.05. The Kier molecular flexibility index (Phi) is 3.25. The number of hydrogen-bond donors (Lipinski definition) is 2. The summed E-state index contributed by atoms with van der Waals surface area (Å²) in [5.41, 5.74) is 8.30. The molecule has 0 spiro atoms. The van der Waals surface area contributed by atoms with Gasteiger partial charge < -0.3 is 11.1 Å². The first kappa shape index (κ1) is 11.1. The van der Waals surface area contributed by atoms with Crippen LogP contribution in [-0.4, -0.2) is 11.9 Å². The number of hydrogen-bond acceptors (Lipinski definition) is 2. The minimum absolute atomic E-state index is 0.0378. The van der Waals surface area contributed by atoms with Crippen molar-refractivity contribution in [2.24, 2.45) is 5.73 Å². The smallest absolute Gasteiger partial charge is 0.237 e. The number of aryl methyl sites for hydroxylation is 1. The van der Waals surface area contributed by atoms with Crippen molar-refractivity contribution in [3.63, 3.8) is 0 Å². The zero-order valence-corrected chi connectivity index (χ0v) is 9.57. The van der Waals surface area contributed by atoms with Gasteiger partial charge in [-0.3, -0.25) is 4.79 Å².